The highest BCUT2D eigenvalue weighted by molar-refractivity contribution is 7.47. The number of allylic oxidation sites excluding steroid dienone is 2. The summed E-state index contributed by atoms with van der Waals surface area (Å²) in [5, 5.41) is 0. The Kier molecular flexibility index (Phi) is 32.8. The number of hydrogen-bond acceptors (Lipinski definition) is 7. The van der Waals surface area contributed by atoms with Crippen molar-refractivity contribution in [2.75, 3.05) is 19.8 Å². The highest BCUT2D eigenvalue weighted by Crippen LogP contribution is 2.43. The lowest BCUT2D eigenvalue weighted by Gasteiger charge is -2.19. The first kappa shape index (κ1) is 44.8. The summed E-state index contributed by atoms with van der Waals surface area (Å²) < 4.78 is 32.5. The maximum Gasteiger partial charge on any atom is 0.472 e. The smallest absolute Gasteiger partial charge is 0.462 e. The van der Waals surface area contributed by atoms with Crippen LogP contribution in [0.1, 0.15) is 188 Å². The maximum atomic E-state index is 12.5. The van der Waals surface area contributed by atoms with Gasteiger partial charge in [0.25, 0.3) is 0 Å². The first-order valence-corrected chi connectivity index (χ1v) is 20.5. The van der Waals surface area contributed by atoms with Gasteiger partial charge in [-0.2, -0.15) is 0 Å². The molecule has 0 aromatic rings. The average molecular weight is 675 g/mol. The summed E-state index contributed by atoms with van der Waals surface area (Å²) in [4.78, 5) is 34.5. The topological polar surface area (TPSA) is 108 Å². The largest absolute Gasteiger partial charge is 0.472 e. The molecule has 8 nitrogen and oxygen atoms in total. The molecule has 0 aromatic heterocycles. The van der Waals surface area contributed by atoms with Gasteiger partial charge in [-0.3, -0.25) is 18.6 Å². The van der Waals surface area contributed by atoms with Gasteiger partial charge in [-0.1, -0.05) is 142 Å². The summed E-state index contributed by atoms with van der Waals surface area (Å²) in [7, 11) is -4.27. The molecule has 272 valence electrons. The summed E-state index contributed by atoms with van der Waals surface area (Å²) in [5.41, 5.74) is 0. The van der Waals surface area contributed by atoms with Gasteiger partial charge in [-0.15, -0.1) is 0 Å². The van der Waals surface area contributed by atoms with Gasteiger partial charge in [-0.05, 0) is 45.4 Å². The van der Waals surface area contributed by atoms with Crippen LogP contribution >= 0.6 is 7.82 Å². The molecule has 0 aromatic carbocycles. The number of hydrogen-bond donors (Lipinski definition) is 1. The first-order valence-electron chi connectivity index (χ1n) is 19.0. The molecular weight excluding hydrogens is 603 g/mol. The van der Waals surface area contributed by atoms with Gasteiger partial charge in [0.05, 0.1) is 13.2 Å². The van der Waals surface area contributed by atoms with Crippen molar-refractivity contribution in [3.05, 3.63) is 12.2 Å². The second kappa shape index (κ2) is 33.7. The van der Waals surface area contributed by atoms with Gasteiger partial charge in [0.15, 0.2) is 6.10 Å². The first-order chi connectivity index (χ1) is 22.3. The third-order valence-electron chi connectivity index (χ3n) is 8.07. The predicted octanol–water partition coefficient (Wildman–Crippen LogP) is 11.3. The minimum atomic E-state index is -4.27. The fourth-order valence-electron chi connectivity index (χ4n) is 5.27. The number of ether oxygens (including phenoxy) is 2. The summed E-state index contributed by atoms with van der Waals surface area (Å²) in [6.07, 6.45) is 32.6. The zero-order chi connectivity index (χ0) is 34.0. The lowest BCUT2D eigenvalue weighted by atomic mass is 10.0. The Morgan fingerprint density at radius 3 is 1.48 bits per heavy atom. The highest BCUT2D eigenvalue weighted by Gasteiger charge is 2.25. The van der Waals surface area contributed by atoms with Gasteiger partial charge in [0.2, 0.25) is 0 Å². The Hall–Kier alpha value is -1.21. The Morgan fingerprint density at radius 2 is 0.978 bits per heavy atom. The second-order valence-corrected chi connectivity index (χ2v) is 14.1. The minimum Gasteiger partial charge on any atom is -0.462 e. The van der Waals surface area contributed by atoms with Crippen LogP contribution in [0.4, 0.5) is 0 Å². The Labute approximate surface area is 282 Å². The second-order valence-electron chi connectivity index (χ2n) is 12.6. The van der Waals surface area contributed by atoms with Crippen LogP contribution in [0.15, 0.2) is 12.2 Å². The fraction of sp³-hybridized carbons (Fsp3) is 0.892. The van der Waals surface area contributed by atoms with Crippen LogP contribution in [0.25, 0.3) is 0 Å². The molecule has 0 bridgehead atoms. The Bertz CT molecular complexity index is 772. The lowest BCUT2D eigenvalue weighted by molar-refractivity contribution is -0.161. The van der Waals surface area contributed by atoms with Crippen LogP contribution in [0, 0.1) is 0 Å². The standard InChI is InChI=1S/C37H71O8P/c1-4-7-9-11-13-15-17-19-20-22-23-25-27-29-31-36(38)42-33-35(34-44-46(40,41)43-6-3)45-37(39)32-30-28-26-24-21-18-16-14-12-10-8-5-2/h14,16,35H,4-13,15,17-34H2,1-3H3,(H,40,41)/b16-14-. The molecule has 0 amide bonds. The molecule has 0 heterocycles. The van der Waals surface area contributed by atoms with Crippen molar-refractivity contribution in [3.8, 4) is 0 Å². The number of rotatable bonds is 35. The van der Waals surface area contributed by atoms with E-state index in [2.05, 4.69) is 26.0 Å². The molecule has 0 saturated carbocycles. The SMILES string of the molecule is CCCCC/C=C\CCCCCCCC(=O)OC(COC(=O)CCCCCCCCCCCCCCCC)COP(=O)(O)OCC. The molecule has 1 N–H and O–H groups in total. The van der Waals surface area contributed by atoms with Crippen LogP contribution in [-0.2, 0) is 32.7 Å². The van der Waals surface area contributed by atoms with Gasteiger partial charge in [0, 0.05) is 12.8 Å². The van der Waals surface area contributed by atoms with E-state index < -0.39 is 26.5 Å². The van der Waals surface area contributed by atoms with E-state index in [0.717, 1.165) is 51.4 Å². The molecule has 0 saturated heterocycles. The third-order valence-corrected chi connectivity index (χ3v) is 9.13. The van der Waals surface area contributed by atoms with Crippen LogP contribution < -0.4 is 0 Å². The van der Waals surface area contributed by atoms with Crippen LogP contribution in [0.2, 0.25) is 0 Å². The summed E-state index contributed by atoms with van der Waals surface area (Å²) >= 11 is 0. The maximum absolute atomic E-state index is 12.5. The third kappa shape index (κ3) is 32.7. The number of unbranched alkanes of at least 4 members (excludes halogenated alkanes) is 21. The van der Waals surface area contributed by atoms with Crippen molar-refractivity contribution >= 4 is 19.8 Å². The molecular formula is C37H71O8P. The molecule has 9 heteroatoms. The van der Waals surface area contributed by atoms with Gasteiger partial charge < -0.3 is 14.4 Å². The van der Waals surface area contributed by atoms with Gasteiger partial charge in [0.1, 0.15) is 6.61 Å². The molecule has 0 fully saturated rings. The molecule has 0 aliphatic heterocycles. The van der Waals surface area contributed by atoms with E-state index in [0.29, 0.717) is 12.8 Å². The number of carbonyl (C=O) groups is 2. The van der Waals surface area contributed by atoms with E-state index in [1.165, 1.54) is 96.3 Å². The number of phosphoric ester groups is 1. The summed E-state index contributed by atoms with van der Waals surface area (Å²) in [5.74, 6) is -0.802. The van der Waals surface area contributed by atoms with Crippen molar-refractivity contribution in [1.29, 1.82) is 0 Å². The molecule has 0 aliphatic carbocycles. The zero-order valence-corrected chi connectivity index (χ0v) is 30.9. The van der Waals surface area contributed by atoms with Gasteiger partial charge in [-0.25, -0.2) is 4.57 Å². The van der Waals surface area contributed by atoms with E-state index in [-0.39, 0.29) is 25.6 Å². The van der Waals surface area contributed by atoms with E-state index in [1.54, 1.807) is 6.92 Å². The summed E-state index contributed by atoms with van der Waals surface area (Å²) in [6.45, 7) is 5.44. The van der Waals surface area contributed by atoms with Crippen LogP contribution in [-0.4, -0.2) is 42.8 Å². The monoisotopic (exact) mass is 674 g/mol. The molecule has 0 aliphatic rings. The van der Waals surface area contributed by atoms with Crippen molar-refractivity contribution < 1.29 is 37.6 Å². The molecule has 46 heavy (non-hydrogen) atoms. The fourth-order valence-corrected chi connectivity index (χ4v) is 6.03. The highest BCUT2D eigenvalue weighted by atomic mass is 31.2. The lowest BCUT2D eigenvalue weighted by Crippen LogP contribution is -2.29. The van der Waals surface area contributed by atoms with Crippen molar-refractivity contribution in [1.82, 2.24) is 0 Å². The molecule has 0 radical (unpaired) electrons. The van der Waals surface area contributed by atoms with Crippen LogP contribution in [0.3, 0.4) is 0 Å². The van der Waals surface area contributed by atoms with Crippen molar-refractivity contribution in [2.45, 2.75) is 194 Å². The number of esters is 2. The zero-order valence-electron chi connectivity index (χ0n) is 30.0. The predicted molar refractivity (Wildman–Crippen MR) is 189 cm³/mol. The average Bonchev–Trinajstić information content (AvgIpc) is 3.03. The molecule has 0 spiro atoms. The number of carbonyl (C=O) groups excluding carboxylic acids is 2. The van der Waals surface area contributed by atoms with Gasteiger partial charge >= 0.3 is 19.8 Å². The van der Waals surface area contributed by atoms with E-state index in [9.17, 15) is 19.0 Å². The molecule has 2 atom stereocenters. The quantitative estimate of drug-likeness (QED) is 0.0306. The minimum absolute atomic E-state index is 0.00164. The Morgan fingerprint density at radius 1 is 0.565 bits per heavy atom. The number of phosphoric acid groups is 1. The van der Waals surface area contributed by atoms with E-state index in [1.807, 2.05) is 0 Å². The van der Waals surface area contributed by atoms with E-state index in [4.69, 9.17) is 18.5 Å². The van der Waals surface area contributed by atoms with Crippen LogP contribution in [0.5, 0.6) is 0 Å². The molecule has 2 unspecified atom stereocenters. The van der Waals surface area contributed by atoms with Crippen molar-refractivity contribution in [3.63, 3.8) is 0 Å². The normalized spacial score (nSPS) is 13.6. The van der Waals surface area contributed by atoms with Crippen molar-refractivity contribution in [2.24, 2.45) is 0 Å². The van der Waals surface area contributed by atoms with E-state index >= 15 is 0 Å². The molecule has 0 rings (SSSR count). The Balaban J connectivity index is 4.14. The summed E-state index contributed by atoms with van der Waals surface area (Å²) in [6, 6.07) is 0.